The Hall–Kier alpha value is -2.57. The average Bonchev–Trinajstić information content (AvgIpc) is 3.36. The van der Waals surface area contributed by atoms with Gasteiger partial charge in [-0.05, 0) is 52.9 Å². The lowest BCUT2D eigenvalue weighted by Gasteiger charge is -2.32. The number of aldehydes is 1. The molecule has 0 bridgehead atoms. The van der Waals surface area contributed by atoms with Crippen molar-refractivity contribution in [1.82, 2.24) is 20.1 Å². The number of amides is 1. The summed E-state index contributed by atoms with van der Waals surface area (Å²) in [4.78, 5) is 40.8. The lowest BCUT2D eigenvalue weighted by Crippen LogP contribution is -2.45. The van der Waals surface area contributed by atoms with E-state index in [1.165, 1.54) is 11.3 Å². The Morgan fingerprint density at radius 1 is 1.20 bits per heavy atom. The second kappa shape index (κ2) is 19.5. The monoisotopic (exact) mass is 598 g/mol. The first-order valence-electron chi connectivity index (χ1n) is 13.1. The Kier molecular flexibility index (Phi) is 17.3. The summed E-state index contributed by atoms with van der Waals surface area (Å²) in [5, 5.41) is 5.64. The molecule has 1 aliphatic heterocycles. The number of nitrogens with one attached hydrogen (secondary N) is 1. The molecule has 224 valence electrons. The van der Waals surface area contributed by atoms with Crippen molar-refractivity contribution in [1.29, 1.82) is 0 Å². The average molecular weight is 599 g/mol. The van der Waals surface area contributed by atoms with Crippen LogP contribution < -0.4 is 10.1 Å². The number of likely N-dealkylation sites (N-methyl/N-ethyl adjacent to an activating group) is 1. The molecule has 0 atom stereocenters. The molecule has 40 heavy (non-hydrogen) atoms. The number of hydrogen-bond donors (Lipinski definition) is 1. The lowest BCUT2D eigenvalue weighted by molar-refractivity contribution is -0.138. The SMILES string of the molecule is CC(C)(C)OC=O.CCOC.CN1CCN(CCOc2ccc(-c3nc(CC(=O)NCC=O)cs3)c(Cl)c2)CC1. The van der Waals surface area contributed by atoms with E-state index in [4.69, 9.17) is 16.3 Å². The van der Waals surface area contributed by atoms with Crippen molar-refractivity contribution in [3.8, 4) is 16.3 Å². The zero-order valence-corrected chi connectivity index (χ0v) is 26.0. The second-order valence-electron chi connectivity index (χ2n) is 9.83. The molecule has 12 heteroatoms. The minimum absolute atomic E-state index is 0.0118. The molecule has 1 fully saturated rings. The number of piperazine rings is 1. The molecule has 0 aliphatic carbocycles. The fraction of sp³-hybridized carbons (Fsp3) is 0.571. The first kappa shape index (κ1) is 35.5. The van der Waals surface area contributed by atoms with Crippen LogP contribution in [0.4, 0.5) is 0 Å². The smallest absolute Gasteiger partial charge is 0.293 e. The molecule has 1 amide bonds. The third-order valence-electron chi connectivity index (χ3n) is 5.41. The zero-order valence-electron chi connectivity index (χ0n) is 24.4. The Morgan fingerprint density at radius 3 is 2.40 bits per heavy atom. The number of nitrogens with zero attached hydrogens (tertiary/aromatic N) is 3. The lowest BCUT2D eigenvalue weighted by atomic mass is 10.2. The Labute approximate surface area is 246 Å². The van der Waals surface area contributed by atoms with E-state index in [0.717, 1.165) is 55.7 Å². The van der Waals surface area contributed by atoms with Crippen molar-refractivity contribution < 1.29 is 28.6 Å². The quantitative estimate of drug-likeness (QED) is 0.388. The highest BCUT2D eigenvalue weighted by molar-refractivity contribution is 7.13. The minimum Gasteiger partial charge on any atom is -0.492 e. The van der Waals surface area contributed by atoms with Crippen LogP contribution in [-0.2, 0) is 30.3 Å². The van der Waals surface area contributed by atoms with Crippen LogP contribution in [0, 0.1) is 0 Å². The number of ether oxygens (including phenoxy) is 3. The second-order valence-corrected chi connectivity index (χ2v) is 11.1. The summed E-state index contributed by atoms with van der Waals surface area (Å²) < 4.78 is 15.0. The largest absolute Gasteiger partial charge is 0.492 e. The van der Waals surface area contributed by atoms with Gasteiger partial charge in [-0.3, -0.25) is 14.5 Å². The van der Waals surface area contributed by atoms with Crippen molar-refractivity contribution in [3.05, 3.63) is 34.3 Å². The topological polar surface area (TPSA) is 110 Å². The number of halogens is 1. The van der Waals surface area contributed by atoms with E-state index >= 15 is 0 Å². The summed E-state index contributed by atoms with van der Waals surface area (Å²) >= 11 is 7.87. The van der Waals surface area contributed by atoms with E-state index in [1.807, 2.05) is 45.2 Å². The molecular weight excluding hydrogens is 556 g/mol. The van der Waals surface area contributed by atoms with E-state index in [2.05, 4.69) is 36.6 Å². The molecule has 1 aromatic carbocycles. The summed E-state index contributed by atoms with van der Waals surface area (Å²) in [6.07, 6.45) is 0.786. The highest BCUT2D eigenvalue weighted by Gasteiger charge is 2.14. The summed E-state index contributed by atoms with van der Waals surface area (Å²) in [6.45, 7) is 14.6. The van der Waals surface area contributed by atoms with Gasteiger partial charge in [0.05, 0.1) is 23.7 Å². The molecule has 0 radical (unpaired) electrons. The summed E-state index contributed by atoms with van der Waals surface area (Å²) in [5.74, 6) is 0.502. The molecule has 1 aromatic heterocycles. The molecule has 1 saturated heterocycles. The molecule has 10 nitrogen and oxygen atoms in total. The van der Waals surface area contributed by atoms with Gasteiger partial charge < -0.3 is 29.2 Å². The number of aromatic nitrogens is 1. The Bertz CT molecular complexity index is 1020. The fourth-order valence-corrected chi connectivity index (χ4v) is 4.34. The van der Waals surface area contributed by atoms with Gasteiger partial charge in [-0.2, -0.15) is 0 Å². The highest BCUT2D eigenvalue weighted by atomic mass is 35.5. The van der Waals surface area contributed by atoms with E-state index in [0.29, 0.717) is 30.1 Å². The van der Waals surface area contributed by atoms with Crippen molar-refractivity contribution in [2.45, 2.75) is 39.7 Å². The highest BCUT2D eigenvalue weighted by Crippen LogP contribution is 2.33. The fourth-order valence-electron chi connectivity index (χ4n) is 3.16. The normalized spacial score (nSPS) is 13.7. The van der Waals surface area contributed by atoms with Gasteiger partial charge in [0, 0.05) is 57.4 Å². The predicted octanol–water partition coefficient (Wildman–Crippen LogP) is 3.56. The number of benzene rings is 1. The molecule has 2 aromatic rings. The summed E-state index contributed by atoms with van der Waals surface area (Å²) in [6, 6.07) is 5.59. The van der Waals surface area contributed by atoms with Crippen molar-refractivity contribution in [2.24, 2.45) is 0 Å². The molecule has 1 aliphatic rings. The van der Waals surface area contributed by atoms with E-state index < -0.39 is 0 Å². The number of thiazole rings is 1. The van der Waals surface area contributed by atoms with Crippen LogP contribution in [0.2, 0.25) is 5.02 Å². The predicted molar refractivity (Wildman–Crippen MR) is 159 cm³/mol. The van der Waals surface area contributed by atoms with E-state index in [1.54, 1.807) is 13.2 Å². The third-order valence-corrected chi connectivity index (χ3v) is 6.65. The van der Waals surface area contributed by atoms with Gasteiger partial charge in [0.2, 0.25) is 5.91 Å². The van der Waals surface area contributed by atoms with Crippen LogP contribution in [0.3, 0.4) is 0 Å². The van der Waals surface area contributed by atoms with E-state index in [-0.39, 0.29) is 24.5 Å². The molecule has 1 N–H and O–H groups in total. The van der Waals surface area contributed by atoms with Crippen LogP contribution >= 0.6 is 22.9 Å². The number of rotatable bonds is 11. The first-order chi connectivity index (χ1) is 19.0. The van der Waals surface area contributed by atoms with Crippen LogP contribution in [0.1, 0.15) is 33.4 Å². The van der Waals surface area contributed by atoms with Gasteiger partial charge >= 0.3 is 0 Å². The standard InChI is InChI=1S/C20H25ClN4O3S.C5H10O2.C3H8O/c1-24-5-7-25(8-6-24)9-11-28-16-2-3-17(18(21)13-16)20-23-15(14-29-20)12-19(27)22-4-10-26;1-5(2,3)7-4-6;1-3-4-2/h2-3,10,13-14H,4-9,11-12H2,1H3,(H,22,27);4H,1-3H3;3H2,1-2H3. The van der Waals surface area contributed by atoms with Crippen LogP contribution in [0.15, 0.2) is 23.6 Å². The van der Waals surface area contributed by atoms with Crippen molar-refractivity contribution in [3.63, 3.8) is 0 Å². The van der Waals surface area contributed by atoms with E-state index in [9.17, 15) is 14.4 Å². The number of carbonyl (C=O) groups is 3. The van der Waals surface area contributed by atoms with Crippen LogP contribution in [0.5, 0.6) is 5.75 Å². The van der Waals surface area contributed by atoms with Crippen molar-refractivity contribution >= 4 is 41.6 Å². The summed E-state index contributed by atoms with van der Waals surface area (Å²) in [7, 11) is 3.82. The van der Waals surface area contributed by atoms with Crippen molar-refractivity contribution in [2.75, 3.05) is 66.6 Å². The molecular formula is C28H43ClN4O6S. The summed E-state index contributed by atoms with van der Waals surface area (Å²) in [5.41, 5.74) is 1.14. The molecule has 0 spiro atoms. The Balaban J connectivity index is 0.000000617. The number of carbonyl (C=O) groups excluding carboxylic acids is 3. The molecule has 2 heterocycles. The molecule has 0 saturated carbocycles. The van der Waals surface area contributed by atoms with Gasteiger partial charge in [0.1, 0.15) is 29.3 Å². The molecule has 3 rings (SSSR count). The van der Waals surface area contributed by atoms with Crippen LogP contribution in [0.25, 0.3) is 10.6 Å². The first-order valence-corrected chi connectivity index (χ1v) is 14.4. The molecule has 0 unspecified atom stereocenters. The maximum Gasteiger partial charge on any atom is 0.293 e. The zero-order chi connectivity index (χ0) is 30.0. The van der Waals surface area contributed by atoms with Gasteiger partial charge in [-0.15, -0.1) is 11.3 Å². The Morgan fingerprint density at radius 2 is 1.88 bits per heavy atom. The maximum absolute atomic E-state index is 11.7. The van der Waals surface area contributed by atoms with Gasteiger partial charge in [-0.1, -0.05) is 11.6 Å². The van der Waals surface area contributed by atoms with Gasteiger partial charge in [0.15, 0.2) is 0 Å². The van der Waals surface area contributed by atoms with Gasteiger partial charge in [-0.25, -0.2) is 4.98 Å². The number of hydrogen-bond acceptors (Lipinski definition) is 10. The van der Waals surface area contributed by atoms with Gasteiger partial charge in [0.25, 0.3) is 6.47 Å². The third kappa shape index (κ3) is 15.3. The minimum atomic E-state index is -0.318. The maximum atomic E-state index is 11.7. The number of methoxy groups -OCH3 is 1. The van der Waals surface area contributed by atoms with Crippen LogP contribution in [-0.4, -0.2) is 106 Å².